The number of aromatic hydroxyl groups is 1. The predicted octanol–water partition coefficient (Wildman–Crippen LogP) is 3.35. The average molecular weight is 498 g/mol. The Morgan fingerprint density at radius 2 is 1.95 bits per heavy atom. The third-order valence-corrected chi connectivity index (χ3v) is 5.71. The number of piperazine rings is 1. The third kappa shape index (κ3) is 3.59. The van der Waals surface area contributed by atoms with E-state index in [-0.39, 0.29) is 0 Å². The molecule has 0 unspecified atom stereocenters. The zero-order valence-corrected chi connectivity index (χ0v) is 15.7. The summed E-state index contributed by atoms with van der Waals surface area (Å²) in [5.41, 5.74) is 1.13. The van der Waals surface area contributed by atoms with Crippen LogP contribution >= 0.6 is 45.2 Å². The lowest BCUT2D eigenvalue weighted by atomic mass is 9.98. The number of rotatable bonds is 4. The summed E-state index contributed by atoms with van der Waals surface area (Å²) in [6, 6.07) is 4.60. The zero-order chi connectivity index (χ0) is 14.1. The molecular formula is C15H20I2N2O. The largest absolute Gasteiger partial charge is 0.506 e. The van der Waals surface area contributed by atoms with Gasteiger partial charge in [-0.2, -0.15) is 0 Å². The van der Waals surface area contributed by atoms with E-state index in [0.29, 0.717) is 11.8 Å². The minimum Gasteiger partial charge on any atom is -0.506 e. The minimum atomic E-state index is 0.382. The molecule has 2 fully saturated rings. The number of benzene rings is 1. The van der Waals surface area contributed by atoms with Gasteiger partial charge in [-0.1, -0.05) is 12.8 Å². The Bertz CT molecular complexity index is 485. The summed E-state index contributed by atoms with van der Waals surface area (Å²) in [6.45, 7) is 4.28. The van der Waals surface area contributed by atoms with Crippen LogP contribution in [0, 0.1) is 13.1 Å². The van der Waals surface area contributed by atoms with E-state index in [1.54, 1.807) is 0 Å². The number of phenols is 1. The van der Waals surface area contributed by atoms with Gasteiger partial charge in [0.25, 0.3) is 0 Å². The topological polar surface area (TPSA) is 35.5 Å². The molecular weight excluding hydrogens is 478 g/mol. The number of nitrogens with one attached hydrogen (secondary N) is 1. The van der Waals surface area contributed by atoms with E-state index in [1.165, 1.54) is 22.8 Å². The Balaban J connectivity index is 1.90. The maximum Gasteiger partial charge on any atom is 0.133 e. The zero-order valence-electron chi connectivity index (χ0n) is 11.4. The lowest BCUT2D eigenvalue weighted by Crippen LogP contribution is -2.45. The van der Waals surface area contributed by atoms with Crippen LogP contribution in [0.15, 0.2) is 12.1 Å². The highest BCUT2D eigenvalue weighted by Gasteiger charge is 2.32. The van der Waals surface area contributed by atoms with E-state index in [2.05, 4.69) is 61.5 Å². The number of phenolic OH excluding ortho intramolecular Hbond substituents is 1. The first-order valence-electron chi connectivity index (χ1n) is 7.28. The van der Waals surface area contributed by atoms with Crippen molar-refractivity contribution in [3.63, 3.8) is 0 Å². The van der Waals surface area contributed by atoms with Crippen molar-refractivity contribution in [1.29, 1.82) is 0 Å². The van der Waals surface area contributed by atoms with Crippen molar-refractivity contribution in [2.45, 2.75) is 25.3 Å². The van der Waals surface area contributed by atoms with Gasteiger partial charge in [-0.3, -0.25) is 4.90 Å². The van der Waals surface area contributed by atoms with Crippen molar-refractivity contribution in [1.82, 2.24) is 10.2 Å². The van der Waals surface area contributed by atoms with Crippen molar-refractivity contribution in [3.05, 3.63) is 24.8 Å². The molecule has 0 spiro atoms. The Morgan fingerprint density at radius 1 is 1.25 bits per heavy atom. The average Bonchev–Trinajstić information content (AvgIpc) is 3.25. The second-order valence-corrected chi connectivity index (χ2v) is 8.21. The number of nitrogens with zero attached hydrogens (tertiary/aromatic N) is 1. The summed E-state index contributed by atoms with van der Waals surface area (Å²) in [4.78, 5) is 2.55. The maximum atomic E-state index is 10.5. The molecule has 5 heteroatoms. The maximum absolute atomic E-state index is 10.5. The number of halogens is 2. The molecule has 1 aliphatic heterocycles. The molecule has 2 N–H and O–H groups in total. The molecule has 2 aliphatic rings. The number of hydrogen-bond acceptors (Lipinski definition) is 3. The van der Waals surface area contributed by atoms with Gasteiger partial charge >= 0.3 is 0 Å². The molecule has 20 heavy (non-hydrogen) atoms. The third-order valence-electron chi connectivity index (χ3n) is 4.26. The van der Waals surface area contributed by atoms with E-state index in [0.717, 1.165) is 41.2 Å². The first kappa shape index (κ1) is 15.3. The van der Waals surface area contributed by atoms with Crippen LogP contribution in [-0.4, -0.2) is 36.2 Å². The Labute approximate surface area is 147 Å². The van der Waals surface area contributed by atoms with Gasteiger partial charge in [0.1, 0.15) is 5.75 Å². The van der Waals surface area contributed by atoms with Crippen LogP contribution in [0.3, 0.4) is 0 Å². The Hall–Kier alpha value is 0.400. The smallest absolute Gasteiger partial charge is 0.133 e. The first-order valence-corrected chi connectivity index (χ1v) is 9.43. The molecule has 1 aliphatic carbocycles. The van der Waals surface area contributed by atoms with Crippen LogP contribution in [-0.2, 0) is 0 Å². The van der Waals surface area contributed by atoms with Crippen molar-refractivity contribution >= 4 is 45.2 Å². The van der Waals surface area contributed by atoms with Crippen LogP contribution < -0.4 is 5.32 Å². The van der Waals surface area contributed by atoms with Crippen LogP contribution in [0.2, 0.25) is 0 Å². The highest BCUT2D eigenvalue weighted by atomic mass is 127. The van der Waals surface area contributed by atoms with Gasteiger partial charge in [-0.25, -0.2) is 0 Å². The molecule has 1 aromatic rings. The molecule has 0 radical (unpaired) electrons. The van der Waals surface area contributed by atoms with E-state index in [9.17, 15) is 5.11 Å². The summed E-state index contributed by atoms with van der Waals surface area (Å²) in [5, 5.41) is 13.9. The molecule has 3 rings (SSSR count). The van der Waals surface area contributed by atoms with Gasteiger partial charge in [0.2, 0.25) is 0 Å². The summed E-state index contributed by atoms with van der Waals surface area (Å²) in [7, 11) is 0. The standard InChI is InChI=1S/C15H20I2N2O/c16-11-8-12(15(20)13(17)9-11)14(7-10-1-2-10)19-5-3-18-4-6-19/h8-10,14,18,20H,1-7H2/t14-/m1/s1. The van der Waals surface area contributed by atoms with Gasteiger partial charge in [0.05, 0.1) is 3.57 Å². The Kier molecular flexibility index (Phi) is 5.10. The predicted molar refractivity (Wildman–Crippen MR) is 98.1 cm³/mol. The van der Waals surface area contributed by atoms with Gasteiger partial charge in [-0.05, 0) is 69.7 Å². The lowest BCUT2D eigenvalue weighted by molar-refractivity contribution is 0.158. The molecule has 1 saturated heterocycles. The van der Waals surface area contributed by atoms with Gasteiger partial charge in [-0.15, -0.1) is 0 Å². The summed E-state index contributed by atoms with van der Waals surface area (Å²) < 4.78 is 2.19. The van der Waals surface area contributed by atoms with E-state index < -0.39 is 0 Å². The molecule has 0 aromatic heterocycles. The van der Waals surface area contributed by atoms with E-state index in [4.69, 9.17) is 0 Å². The molecule has 0 amide bonds. The van der Waals surface area contributed by atoms with Gasteiger partial charge < -0.3 is 10.4 Å². The first-order chi connectivity index (χ1) is 9.65. The number of hydrogen-bond donors (Lipinski definition) is 2. The SMILES string of the molecule is Oc1c(I)cc(I)cc1[C@@H](CC1CC1)N1CCNCC1. The summed E-state index contributed by atoms with van der Waals surface area (Å²) in [5.74, 6) is 1.36. The van der Waals surface area contributed by atoms with Crippen molar-refractivity contribution in [2.75, 3.05) is 26.2 Å². The molecule has 1 aromatic carbocycles. The highest BCUT2D eigenvalue weighted by Crippen LogP contribution is 2.43. The fourth-order valence-corrected chi connectivity index (χ4v) is 4.87. The van der Waals surface area contributed by atoms with Crippen LogP contribution in [0.5, 0.6) is 5.75 Å². The second-order valence-electron chi connectivity index (χ2n) is 5.81. The molecule has 3 nitrogen and oxygen atoms in total. The van der Waals surface area contributed by atoms with Crippen LogP contribution in [0.4, 0.5) is 0 Å². The van der Waals surface area contributed by atoms with Crippen LogP contribution in [0.25, 0.3) is 0 Å². The van der Waals surface area contributed by atoms with Crippen LogP contribution in [0.1, 0.15) is 30.9 Å². The van der Waals surface area contributed by atoms with E-state index in [1.807, 2.05) is 6.07 Å². The second kappa shape index (κ2) is 6.66. The minimum absolute atomic E-state index is 0.382. The molecule has 0 bridgehead atoms. The normalized spacial score (nSPS) is 21.9. The van der Waals surface area contributed by atoms with E-state index >= 15 is 0 Å². The van der Waals surface area contributed by atoms with Crippen molar-refractivity contribution in [2.24, 2.45) is 5.92 Å². The fraction of sp³-hybridized carbons (Fsp3) is 0.600. The highest BCUT2D eigenvalue weighted by molar-refractivity contribution is 14.1. The Morgan fingerprint density at radius 3 is 2.60 bits per heavy atom. The summed E-state index contributed by atoms with van der Waals surface area (Å²) in [6.07, 6.45) is 3.93. The molecule has 1 atom stereocenters. The summed E-state index contributed by atoms with van der Waals surface area (Å²) >= 11 is 4.60. The molecule has 110 valence electrons. The van der Waals surface area contributed by atoms with Gasteiger partial charge in [0, 0.05) is 41.4 Å². The van der Waals surface area contributed by atoms with Crippen molar-refractivity contribution in [3.8, 4) is 5.75 Å². The van der Waals surface area contributed by atoms with Gasteiger partial charge in [0.15, 0.2) is 0 Å². The fourth-order valence-electron chi connectivity index (χ4n) is 2.98. The van der Waals surface area contributed by atoms with Crippen molar-refractivity contribution < 1.29 is 5.11 Å². The monoisotopic (exact) mass is 498 g/mol. The lowest BCUT2D eigenvalue weighted by Gasteiger charge is -2.36. The molecule has 1 heterocycles. The quantitative estimate of drug-likeness (QED) is 0.626. The molecule has 1 saturated carbocycles.